The van der Waals surface area contributed by atoms with E-state index in [9.17, 15) is 4.79 Å². The summed E-state index contributed by atoms with van der Waals surface area (Å²) < 4.78 is 5.59. The number of amides is 1. The van der Waals surface area contributed by atoms with Crippen LogP contribution in [0.5, 0.6) is 5.75 Å². The standard InChI is InChI=1S/C17H24N2O2/c18-16(12-5-3-1-2-4-6-12)13-7-8-15-14(11-13)17(20)19-9-10-21-15/h7-8,11-12,16H,1-6,9-10,18H2,(H,19,20). The molecule has 0 bridgehead atoms. The lowest BCUT2D eigenvalue weighted by Crippen LogP contribution is -2.25. The fourth-order valence-corrected chi connectivity index (χ4v) is 3.42. The van der Waals surface area contributed by atoms with Crippen molar-refractivity contribution in [3.05, 3.63) is 29.3 Å². The van der Waals surface area contributed by atoms with Crippen molar-refractivity contribution in [2.24, 2.45) is 11.7 Å². The first-order chi connectivity index (χ1) is 10.3. The second-order valence-corrected chi connectivity index (χ2v) is 6.14. The van der Waals surface area contributed by atoms with Crippen LogP contribution in [0.2, 0.25) is 0 Å². The molecule has 3 N–H and O–H groups in total. The monoisotopic (exact) mass is 288 g/mol. The molecule has 1 saturated carbocycles. The topological polar surface area (TPSA) is 64.4 Å². The van der Waals surface area contributed by atoms with Crippen LogP contribution in [-0.4, -0.2) is 19.1 Å². The van der Waals surface area contributed by atoms with Crippen LogP contribution in [0, 0.1) is 5.92 Å². The van der Waals surface area contributed by atoms with E-state index in [4.69, 9.17) is 10.5 Å². The molecular formula is C17H24N2O2. The Balaban J connectivity index is 1.83. The van der Waals surface area contributed by atoms with Gasteiger partial charge in [-0.2, -0.15) is 0 Å². The van der Waals surface area contributed by atoms with Gasteiger partial charge in [0, 0.05) is 6.04 Å². The zero-order valence-corrected chi connectivity index (χ0v) is 12.4. The second kappa shape index (κ2) is 6.48. The van der Waals surface area contributed by atoms with Gasteiger partial charge < -0.3 is 15.8 Å². The molecule has 1 fully saturated rings. The fraction of sp³-hybridized carbons (Fsp3) is 0.588. The average molecular weight is 288 g/mol. The van der Waals surface area contributed by atoms with E-state index in [1.54, 1.807) is 0 Å². The first kappa shape index (κ1) is 14.4. The van der Waals surface area contributed by atoms with Gasteiger partial charge in [-0.15, -0.1) is 0 Å². The number of carbonyl (C=O) groups excluding carboxylic acids is 1. The minimum atomic E-state index is -0.0579. The van der Waals surface area contributed by atoms with Gasteiger partial charge in [-0.25, -0.2) is 0 Å². The van der Waals surface area contributed by atoms with Gasteiger partial charge in [-0.05, 0) is 36.5 Å². The first-order valence-electron chi connectivity index (χ1n) is 8.06. The summed E-state index contributed by atoms with van der Waals surface area (Å²) in [5, 5.41) is 2.85. The molecule has 0 aromatic heterocycles. The summed E-state index contributed by atoms with van der Waals surface area (Å²) in [6.07, 6.45) is 7.58. The number of hydrogen-bond acceptors (Lipinski definition) is 3. The van der Waals surface area contributed by atoms with Crippen LogP contribution in [0.25, 0.3) is 0 Å². The van der Waals surface area contributed by atoms with E-state index in [1.165, 1.54) is 38.5 Å². The van der Waals surface area contributed by atoms with E-state index in [1.807, 2.05) is 18.2 Å². The van der Waals surface area contributed by atoms with E-state index in [0.717, 1.165) is 5.56 Å². The molecule has 1 aliphatic heterocycles. The summed E-state index contributed by atoms with van der Waals surface area (Å²) in [6, 6.07) is 5.86. The molecule has 1 aliphatic carbocycles. The number of ether oxygens (including phenoxy) is 1. The van der Waals surface area contributed by atoms with Crippen LogP contribution in [-0.2, 0) is 0 Å². The lowest BCUT2D eigenvalue weighted by atomic mass is 9.87. The summed E-state index contributed by atoms with van der Waals surface area (Å²) in [7, 11) is 0. The molecule has 4 heteroatoms. The van der Waals surface area contributed by atoms with E-state index in [2.05, 4.69) is 5.32 Å². The predicted octanol–water partition coefficient (Wildman–Crippen LogP) is 2.78. The summed E-state index contributed by atoms with van der Waals surface area (Å²) in [6.45, 7) is 1.07. The van der Waals surface area contributed by atoms with Crippen molar-refractivity contribution in [1.82, 2.24) is 5.32 Å². The summed E-state index contributed by atoms with van der Waals surface area (Å²) in [4.78, 5) is 12.1. The van der Waals surface area contributed by atoms with Crippen molar-refractivity contribution in [3.8, 4) is 5.75 Å². The van der Waals surface area contributed by atoms with Crippen LogP contribution in [0.15, 0.2) is 18.2 Å². The van der Waals surface area contributed by atoms with Gasteiger partial charge in [-0.1, -0.05) is 31.7 Å². The molecule has 114 valence electrons. The first-order valence-corrected chi connectivity index (χ1v) is 8.06. The molecule has 21 heavy (non-hydrogen) atoms. The number of benzene rings is 1. The highest BCUT2D eigenvalue weighted by molar-refractivity contribution is 5.97. The van der Waals surface area contributed by atoms with Crippen LogP contribution in [0.4, 0.5) is 0 Å². The van der Waals surface area contributed by atoms with Gasteiger partial charge in [0.25, 0.3) is 5.91 Å². The van der Waals surface area contributed by atoms with Crippen LogP contribution in [0.1, 0.15) is 60.5 Å². The minimum absolute atomic E-state index is 0.0180. The molecule has 3 rings (SSSR count). The summed E-state index contributed by atoms with van der Waals surface area (Å²) >= 11 is 0. The van der Waals surface area contributed by atoms with Gasteiger partial charge in [0.05, 0.1) is 12.1 Å². The Morgan fingerprint density at radius 3 is 2.71 bits per heavy atom. The normalized spacial score (nSPS) is 21.5. The van der Waals surface area contributed by atoms with Crippen LogP contribution >= 0.6 is 0 Å². The number of nitrogens with one attached hydrogen (secondary N) is 1. The number of carbonyl (C=O) groups is 1. The molecule has 2 aliphatic rings. The second-order valence-electron chi connectivity index (χ2n) is 6.14. The maximum Gasteiger partial charge on any atom is 0.255 e. The number of hydrogen-bond donors (Lipinski definition) is 2. The van der Waals surface area contributed by atoms with Gasteiger partial charge in [0.15, 0.2) is 0 Å². The molecular weight excluding hydrogens is 264 g/mol. The number of fused-ring (bicyclic) bond motifs is 1. The predicted molar refractivity (Wildman–Crippen MR) is 82.4 cm³/mol. The fourth-order valence-electron chi connectivity index (χ4n) is 3.42. The third-order valence-corrected chi connectivity index (χ3v) is 4.69. The van der Waals surface area contributed by atoms with Crippen molar-refractivity contribution < 1.29 is 9.53 Å². The third-order valence-electron chi connectivity index (χ3n) is 4.69. The van der Waals surface area contributed by atoms with Crippen molar-refractivity contribution in [1.29, 1.82) is 0 Å². The molecule has 1 aromatic carbocycles. The van der Waals surface area contributed by atoms with E-state index in [-0.39, 0.29) is 11.9 Å². The Bertz CT molecular complexity index is 508. The number of nitrogens with two attached hydrogens (primary N) is 1. The molecule has 1 amide bonds. The molecule has 4 nitrogen and oxygen atoms in total. The molecule has 1 heterocycles. The Kier molecular flexibility index (Phi) is 4.44. The summed E-state index contributed by atoms with van der Waals surface area (Å²) in [5.41, 5.74) is 8.16. The van der Waals surface area contributed by atoms with Crippen LogP contribution in [0.3, 0.4) is 0 Å². The maximum atomic E-state index is 12.1. The third kappa shape index (κ3) is 3.21. The van der Waals surface area contributed by atoms with Crippen LogP contribution < -0.4 is 15.8 Å². The van der Waals surface area contributed by atoms with Gasteiger partial charge in [-0.3, -0.25) is 4.79 Å². The molecule has 0 saturated heterocycles. The van der Waals surface area contributed by atoms with Gasteiger partial charge >= 0.3 is 0 Å². The van der Waals surface area contributed by atoms with Crippen molar-refractivity contribution >= 4 is 5.91 Å². The van der Waals surface area contributed by atoms with Gasteiger partial charge in [0.2, 0.25) is 0 Å². The van der Waals surface area contributed by atoms with Crippen molar-refractivity contribution in [2.75, 3.05) is 13.2 Å². The molecule has 1 atom stereocenters. The minimum Gasteiger partial charge on any atom is -0.491 e. The summed E-state index contributed by atoms with van der Waals surface area (Å²) in [5.74, 6) is 1.14. The van der Waals surface area contributed by atoms with Crippen molar-refractivity contribution in [2.45, 2.75) is 44.6 Å². The highest BCUT2D eigenvalue weighted by Gasteiger charge is 2.23. The maximum absolute atomic E-state index is 12.1. The average Bonchev–Trinajstić information content (AvgIpc) is 2.88. The van der Waals surface area contributed by atoms with E-state index < -0.39 is 0 Å². The molecule has 0 spiro atoms. The zero-order chi connectivity index (χ0) is 14.7. The Morgan fingerprint density at radius 2 is 1.95 bits per heavy atom. The Hall–Kier alpha value is -1.55. The van der Waals surface area contributed by atoms with E-state index in [0.29, 0.717) is 30.4 Å². The molecule has 1 aromatic rings. The molecule has 0 radical (unpaired) electrons. The quantitative estimate of drug-likeness (QED) is 0.822. The largest absolute Gasteiger partial charge is 0.491 e. The van der Waals surface area contributed by atoms with E-state index >= 15 is 0 Å². The SMILES string of the molecule is NC(c1ccc2c(c1)C(=O)NCCO2)C1CCCCCC1. The lowest BCUT2D eigenvalue weighted by molar-refractivity contribution is 0.0957. The zero-order valence-electron chi connectivity index (χ0n) is 12.4. The smallest absolute Gasteiger partial charge is 0.255 e. The highest BCUT2D eigenvalue weighted by Crippen LogP contribution is 2.33. The Morgan fingerprint density at radius 1 is 1.19 bits per heavy atom. The Labute approximate surface area is 126 Å². The lowest BCUT2D eigenvalue weighted by Gasteiger charge is -2.23. The number of rotatable bonds is 2. The highest BCUT2D eigenvalue weighted by atomic mass is 16.5. The van der Waals surface area contributed by atoms with Crippen molar-refractivity contribution in [3.63, 3.8) is 0 Å². The molecule has 1 unspecified atom stereocenters. The van der Waals surface area contributed by atoms with Gasteiger partial charge in [0.1, 0.15) is 12.4 Å².